The van der Waals surface area contributed by atoms with Crippen LogP contribution < -0.4 is 5.32 Å². The summed E-state index contributed by atoms with van der Waals surface area (Å²) < 4.78 is 5.35. The monoisotopic (exact) mass is 274 g/mol. The molecule has 0 aliphatic carbocycles. The standard InChI is InChI=1S/C12H10N4O2S/c17-11(15-9-5-13-14-6-9)4-8-7-18-12(16-8)10-2-1-3-19-10/h1-3,5-7H,4H2,(H,13,14)(H,15,17). The zero-order valence-corrected chi connectivity index (χ0v) is 10.6. The Morgan fingerprint density at radius 1 is 1.53 bits per heavy atom. The van der Waals surface area contributed by atoms with E-state index in [0.717, 1.165) is 4.88 Å². The summed E-state index contributed by atoms with van der Waals surface area (Å²) in [6, 6.07) is 3.85. The molecular formula is C12H10N4O2S. The summed E-state index contributed by atoms with van der Waals surface area (Å²) in [4.78, 5) is 17.0. The lowest BCUT2D eigenvalue weighted by molar-refractivity contribution is -0.115. The summed E-state index contributed by atoms with van der Waals surface area (Å²) in [7, 11) is 0. The van der Waals surface area contributed by atoms with Gasteiger partial charge < -0.3 is 9.73 Å². The van der Waals surface area contributed by atoms with Crippen molar-refractivity contribution in [1.82, 2.24) is 15.2 Å². The predicted molar refractivity (Wildman–Crippen MR) is 70.7 cm³/mol. The maximum absolute atomic E-state index is 11.7. The van der Waals surface area contributed by atoms with Gasteiger partial charge in [-0.1, -0.05) is 6.07 Å². The van der Waals surface area contributed by atoms with E-state index in [2.05, 4.69) is 20.5 Å². The van der Waals surface area contributed by atoms with Gasteiger partial charge in [0.05, 0.1) is 28.9 Å². The second-order valence-corrected chi connectivity index (χ2v) is 4.78. The number of oxazole rings is 1. The number of thiophene rings is 1. The second kappa shape index (κ2) is 5.07. The van der Waals surface area contributed by atoms with Crippen molar-refractivity contribution in [2.45, 2.75) is 6.42 Å². The summed E-state index contributed by atoms with van der Waals surface area (Å²) in [5.74, 6) is 0.383. The maximum atomic E-state index is 11.7. The van der Waals surface area contributed by atoms with Gasteiger partial charge in [0.15, 0.2) is 0 Å². The molecule has 3 rings (SSSR count). The van der Waals surface area contributed by atoms with Crippen molar-refractivity contribution in [1.29, 1.82) is 0 Å². The number of carbonyl (C=O) groups is 1. The molecule has 0 saturated carbocycles. The third kappa shape index (κ3) is 2.71. The van der Waals surface area contributed by atoms with Crippen LogP contribution in [0.3, 0.4) is 0 Å². The second-order valence-electron chi connectivity index (χ2n) is 3.83. The number of amides is 1. The van der Waals surface area contributed by atoms with E-state index in [1.54, 1.807) is 17.5 Å². The van der Waals surface area contributed by atoms with Gasteiger partial charge in [0, 0.05) is 6.20 Å². The molecule has 0 spiro atoms. The van der Waals surface area contributed by atoms with E-state index in [1.807, 2.05) is 17.5 Å². The van der Waals surface area contributed by atoms with Crippen LogP contribution in [0.15, 0.2) is 40.6 Å². The first-order valence-corrected chi connectivity index (χ1v) is 6.46. The first-order valence-electron chi connectivity index (χ1n) is 5.58. The Kier molecular flexibility index (Phi) is 3.11. The van der Waals surface area contributed by atoms with Gasteiger partial charge in [-0.3, -0.25) is 9.89 Å². The lowest BCUT2D eigenvalue weighted by Crippen LogP contribution is -2.14. The minimum absolute atomic E-state index is 0.160. The van der Waals surface area contributed by atoms with Crippen LogP contribution in [0, 0.1) is 0 Å². The Labute approximate surface area is 112 Å². The number of nitrogens with one attached hydrogen (secondary N) is 2. The van der Waals surface area contributed by atoms with Crippen molar-refractivity contribution in [2.24, 2.45) is 0 Å². The van der Waals surface area contributed by atoms with E-state index in [-0.39, 0.29) is 12.3 Å². The molecular weight excluding hydrogens is 264 g/mol. The largest absolute Gasteiger partial charge is 0.444 e. The molecule has 3 heterocycles. The first kappa shape index (κ1) is 11.7. The van der Waals surface area contributed by atoms with E-state index in [0.29, 0.717) is 17.3 Å². The average Bonchev–Trinajstić information content (AvgIpc) is 3.09. The Hall–Kier alpha value is -2.41. The molecule has 1 amide bonds. The topological polar surface area (TPSA) is 83.8 Å². The highest BCUT2D eigenvalue weighted by Gasteiger charge is 2.11. The van der Waals surface area contributed by atoms with Crippen LogP contribution in [-0.4, -0.2) is 21.1 Å². The number of carbonyl (C=O) groups excluding carboxylic acids is 1. The fourth-order valence-electron chi connectivity index (χ4n) is 1.59. The average molecular weight is 274 g/mol. The van der Waals surface area contributed by atoms with Crippen LogP contribution in [0.25, 0.3) is 10.8 Å². The summed E-state index contributed by atoms with van der Waals surface area (Å²) in [6.45, 7) is 0. The van der Waals surface area contributed by atoms with Gasteiger partial charge in [0.1, 0.15) is 6.26 Å². The molecule has 0 radical (unpaired) electrons. The minimum Gasteiger partial charge on any atom is -0.444 e. The molecule has 0 aliphatic heterocycles. The van der Waals surface area contributed by atoms with Gasteiger partial charge in [-0.2, -0.15) is 5.10 Å². The zero-order chi connectivity index (χ0) is 13.1. The van der Waals surface area contributed by atoms with E-state index in [1.165, 1.54) is 12.5 Å². The Morgan fingerprint density at radius 2 is 2.47 bits per heavy atom. The fraction of sp³-hybridized carbons (Fsp3) is 0.0833. The minimum atomic E-state index is -0.160. The highest BCUT2D eigenvalue weighted by atomic mass is 32.1. The van der Waals surface area contributed by atoms with Crippen LogP contribution in [0.2, 0.25) is 0 Å². The number of H-pyrrole nitrogens is 1. The maximum Gasteiger partial charge on any atom is 0.236 e. The smallest absolute Gasteiger partial charge is 0.236 e. The van der Waals surface area contributed by atoms with Crippen LogP contribution in [0.4, 0.5) is 5.69 Å². The molecule has 0 fully saturated rings. The summed E-state index contributed by atoms with van der Waals surface area (Å²) in [5.41, 5.74) is 1.23. The van der Waals surface area contributed by atoms with Crippen molar-refractivity contribution in [3.63, 3.8) is 0 Å². The predicted octanol–water partition coefficient (Wildman–Crippen LogP) is 2.31. The van der Waals surface area contributed by atoms with Crippen LogP contribution in [-0.2, 0) is 11.2 Å². The lowest BCUT2D eigenvalue weighted by Gasteiger charge is -1.98. The van der Waals surface area contributed by atoms with Gasteiger partial charge in [0.25, 0.3) is 0 Å². The Balaban J connectivity index is 1.65. The molecule has 0 aliphatic rings. The van der Waals surface area contributed by atoms with Crippen molar-refractivity contribution in [2.75, 3.05) is 5.32 Å². The van der Waals surface area contributed by atoms with E-state index < -0.39 is 0 Å². The molecule has 7 heteroatoms. The molecule has 96 valence electrons. The fourth-order valence-corrected chi connectivity index (χ4v) is 2.25. The molecule has 0 saturated heterocycles. The van der Waals surface area contributed by atoms with E-state index in [4.69, 9.17) is 4.42 Å². The number of aromatic amines is 1. The lowest BCUT2D eigenvalue weighted by atomic mass is 10.3. The SMILES string of the molecule is O=C(Cc1coc(-c2cccs2)n1)Nc1cn[nH]c1. The molecule has 3 aromatic heterocycles. The zero-order valence-electron chi connectivity index (χ0n) is 9.79. The molecule has 19 heavy (non-hydrogen) atoms. The van der Waals surface area contributed by atoms with E-state index >= 15 is 0 Å². The molecule has 3 aromatic rings. The molecule has 0 unspecified atom stereocenters. The number of aromatic nitrogens is 3. The van der Waals surface area contributed by atoms with Crippen molar-refractivity contribution in [3.8, 4) is 10.8 Å². The van der Waals surface area contributed by atoms with Crippen LogP contribution >= 0.6 is 11.3 Å². The molecule has 0 atom stereocenters. The van der Waals surface area contributed by atoms with Crippen molar-refractivity contribution in [3.05, 3.63) is 41.9 Å². The number of hydrogen-bond donors (Lipinski definition) is 2. The molecule has 0 bridgehead atoms. The Morgan fingerprint density at radius 3 is 3.21 bits per heavy atom. The van der Waals surface area contributed by atoms with Crippen LogP contribution in [0.1, 0.15) is 5.69 Å². The normalized spacial score (nSPS) is 10.5. The van der Waals surface area contributed by atoms with Gasteiger partial charge in [-0.15, -0.1) is 11.3 Å². The number of nitrogens with zero attached hydrogens (tertiary/aromatic N) is 2. The number of anilines is 1. The van der Waals surface area contributed by atoms with Crippen molar-refractivity contribution < 1.29 is 9.21 Å². The molecule has 6 nitrogen and oxygen atoms in total. The highest BCUT2D eigenvalue weighted by Crippen LogP contribution is 2.23. The molecule has 2 N–H and O–H groups in total. The molecule has 0 aromatic carbocycles. The summed E-state index contributed by atoms with van der Waals surface area (Å²) in [5, 5.41) is 11.0. The number of rotatable bonds is 4. The van der Waals surface area contributed by atoms with Gasteiger partial charge in [-0.05, 0) is 11.4 Å². The third-order valence-corrected chi connectivity index (χ3v) is 3.27. The third-order valence-electron chi connectivity index (χ3n) is 2.41. The summed E-state index contributed by atoms with van der Waals surface area (Å²) >= 11 is 1.54. The van der Waals surface area contributed by atoms with Gasteiger partial charge >= 0.3 is 0 Å². The highest BCUT2D eigenvalue weighted by molar-refractivity contribution is 7.13. The Bertz CT molecular complexity index is 658. The quantitative estimate of drug-likeness (QED) is 0.764. The van der Waals surface area contributed by atoms with Gasteiger partial charge in [-0.25, -0.2) is 4.98 Å². The van der Waals surface area contributed by atoms with Crippen molar-refractivity contribution >= 4 is 22.9 Å². The van der Waals surface area contributed by atoms with Crippen LogP contribution in [0.5, 0.6) is 0 Å². The van der Waals surface area contributed by atoms with E-state index in [9.17, 15) is 4.79 Å². The summed E-state index contributed by atoms with van der Waals surface area (Å²) in [6.07, 6.45) is 4.82. The number of hydrogen-bond acceptors (Lipinski definition) is 5. The first-order chi connectivity index (χ1) is 9.31. The van der Waals surface area contributed by atoms with Gasteiger partial charge in [0.2, 0.25) is 11.8 Å².